The summed E-state index contributed by atoms with van der Waals surface area (Å²) in [7, 11) is 11.5. The van der Waals surface area contributed by atoms with Crippen LogP contribution >= 0.6 is 0 Å². The van der Waals surface area contributed by atoms with Crippen LogP contribution in [0.5, 0.6) is 5.75 Å². The fourth-order valence-corrected chi connectivity index (χ4v) is 12.6. The van der Waals surface area contributed by atoms with Gasteiger partial charge in [0.15, 0.2) is 0 Å². The van der Waals surface area contributed by atoms with Gasteiger partial charge in [-0.05, 0) is 99.1 Å². The molecule has 0 bridgehead atoms. The largest absolute Gasteiger partial charge is 0.497 e. The number of benzene rings is 2. The van der Waals surface area contributed by atoms with Gasteiger partial charge in [-0.25, -0.2) is 0 Å². The van der Waals surface area contributed by atoms with Gasteiger partial charge in [-0.3, -0.25) is 57.5 Å². The fraction of sp³-hybridized carbons (Fsp3) is 0.639. The number of likely N-dealkylation sites (N-methyl/N-ethyl adjacent to an activating group) is 6. The van der Waals surface area contributed by atoms with Crippen molar-refractivity contribution in [3.63, 3.8) is 0 Å². The lowest BCUT2D eigenvalue weighted by Gasteiger charge is -2.39. The Hall–Kier alpha value is -8.56. The topological polar surface area (TPSA) is 288 Å². The van der Waals surface area contributed by atoms with E-state index < -0.39 is 151 Å². The Bertz CT molecular complexity index is 3160. The molecule has 5 rings (SSSR count). The molecule has 0 aromatic heterocycles. The van der Waals surface area contributed by atoms with Gasteiger partial charge in [-0.1, -0.05) is 103 Å². The van der Waals surface area contributed by atoms with E-state index in [2.05, 4.69) is 27.2 Å². The van der Waals surface area contributed by atoms with E-state index in [9.17, 15) is 43.2 Å². The molecular formula is C72H108N12O13. The van der Waals surface area contributed by atoms with Crippen LogP contribution in [0.15, 0.2) is 48.5 Å². The first-order chi connectivity index (χ1) is 45.7. The minimum atomic E-state index is -1.76. The second-order valence-electron chi connectivity index (χ2n) is 27.9. The van der Waals surface area contributed by atoms with Crippen molar-refractivity contribution in [3.05, 3.63) is 65.2 Å². The Balaban J connectivity index is 1.61. The molecule has 0 spiro atoms. The van der Waals surface area contributed by atoms with Crippen molar-refractivity contribution in [2.45, 2.75) is 180 Å². The molecule has 4 N–H and O–H groups in total. The number of likely N-dealkylation sites (tertiary alicyclic amines) is 1. The maximum atomic E-state index is 15.3. The molecule has 1 aliphatic carbocycles. The molecule has 534 valence electrons. The van der Waals surface area contributed by atoms with E-state index in [0.29, 0.717) is 54.8 Å². The molecule has 2 aliphatic heterocycles. The summed E-state index contributed by atoms with van der Waals surface area (Å²) in [6, 6.07) is 5.93. The van der Waals surface area contributed by atoms with Crippen LogP contribution in [0.3, 0.4) is 0 Å². The van der Waals surface area contributed by atoms with Crippen LogP contribution in [0.1, 0.15) is 142 Å². The molecule has 12 amide bonds. The molecule has 2 aromatic rings. The maximum Gasteiger partial charge on any atom is 0.246 e. The summed E-state index contributed by atoms with van der Waals surface area (Å²) >= 11 is 0. The average molecular weight is 1350 g/mol. The molecule has 3 fully saturated rings. The number of hydrogen-bond acceptors (Lipinski definition) is 13. The highest BCUT2D eigenvalue weighted by Gasteiger charge is 2.44. The SMILES string of the molecule is C#Cc1cccc(C[C@@H]2NC(=O)CN(C)C(=O)[C@H](CC3CCCCC3)N(C)C(=O)CN(C)C(=O)CN(C)C(=O)[C@H]([C@@H](C)CC)NC(=O)[C@H](C)CN(C)C(=O)C[C@@H](C(=O)N3CCCCC3)N(C)C(=O)C(CC(C)C)NC(=O)C(C)(C)N(C)C(=O)C(Cc3ccc(OC)cc3)NC2=O)c1. The number of piperidine rings is 1. The van der Waals surface area contributed by atoms with Gasteiger partial charge in [0.2, 0.25) is 70.9 Å². The predicted octanol–water partition coefficient (Wildman–Crippen LogP) is 3.24. The molecule has 97 heavy (non-hydrogen) atoms. The smallest absolute Gasteiger partial charge is 0.246 e. The second-order valence-corrected chi connectivity index (χ2v) is 27.9. The Morgan fingerprint density at radius 2 is 1.25 bits per heavy atom. The van der Waals surface area contributed by atoms with Gasteiger partial charge in [0, 0.05) is 87.4 Å². The number of carbonyl (C=O) groups is 12. The Morgan fingerprint density at radius 1 is 0.639 bits per heavy atom. The minimum absolute atomic E-state index is 0.0567. The fourth-order valence-electron chi connectivity index (χ4n) is 12.6. The third-order valence-corrected chi connectivity index (χ3v) is 19.5. The summed E-state index contributed by atoms with van der Waals surface area (Å²) < 4.78 is 5.40. The van der Waals surface area contributed by atoms with Crippen LogP contribution in [-0.4, -0.2) is 248 Å². The van der Waals surface area contributed by atoms with Crippen molar-refractivity contribution < 1.29 is 62.3 Å². The number of amides is 12. The standard InChI is InChI=1S/C72H108N12O13/c1-17-47(5)63-70(95)80(12)44-61(87)78(10)45-62(88)81(13)57(40-50-26-21-19-22-27-50)68(93)79(11)43-59(85)73-54(39-52-29-25-28-49(18-2)37-52)65(90)74-56(38-51-30-32-53(97-16)33-31-51)67(92)83(15)72(7,8)71(96)75-55(36-46(3)4)66(91)82(14)58(69(94)84-34-23-20-24-35-84)41-60(86)77(9)42-48(6)64(89)76-63/h2,25,28-33,37,46-48,50,54-58,63H,17,19-24,26-27,34-36,38-45H2,1,3-16H3,(H,73,85)(H,74,90)(H,75,96)(H,76,89)/t47-,48+,54-,55?,56?,57-,58-,63-/m0/s1. The summed E-state index contributed by atoms with van der Waals surface area (Å²) in [4.78, 5) is 186. The molecule has 25 heteroatoms. The number of terminal acetylenes is 1. The van der Waals surface area contributed by atoms with Gasteiger partial charge in [-0.15, -0.1) is 6.42 Å². The van der Waals surface area contributed by atoms with Gasteiger partial charge in [0.1, 0.15) is 47.5 Å². The molecule has 1 saturated carbocycles. The van der Waals surface area contributed by atoms with Crippen molar-refractivity contribution in [3.8, 4) is 18.1 Å². The molecular weight excluding hydrogens is 1240 g/mol. The zero-order chi connectivity index (χ0) is 72.2. The first-order valence-corrected chi connectivity index (χ1v) is 34.2. The molecule has 3 aliphatic rings. The van der Waals surface area contributed by atoms with Crippen molar-refractivity contribution in [2.75, 3.05) is 95.7 Å². The number of nitrogens with one attached hydrogen (secondary N) is 4. The molecule has 25 nitrogen and oxygen atoms in total. The van der Waals surface area contributed by atoms with Crippen molar-refractivity contribution in [1.82, 2.24) is 60.5 Å². The summed E-state index contributed by atoms with van der Waals surface area (Å²) in [6.07, 6.45) is 12.6. The normalized spacial score (nSPS) is 24.6. The van der Waals surface area contributed by atoms with Gasteiger partial charge in [0.05, 0.1) is 39.1 Å². The first-order valence-electron chi connectivity index (χ1n) is 34.2. The van der Waals surface area contributed by atoms with Crippen molar-refractivity contribution >= 4 is 70.9 Å². The molecule has 8 atom stereocenters. The number of hydrogen-bond donors (Lipinski definition) is 4. The van der Waals surface area contributed by atoms with E-state index in [0.717, 1.165) is 48.3 Å². The van der Waals surface area contributed by atoms with Crippen LogP contribution < -0.4 is 26.0 Å². The second kappa shape index (κ2) is 36.7. The minimum Gasteiger partial charge on any atom is -0.497 e. The molecule has 2 heterocycles. The molecule has 0 radical (unpaired) electrons. The highest BCUT2D eigenvalue weighted by Crippen LogP contribution is 2.30. The third-order valence-electron chi connectivity index (χ3n) is 19.5. The van der Waals surface area contributed by atoms with E-state index in [1.807, 2.05) is 20.8 Å². The maximum absolute atomic E-state index is 15.3. The Kier molecular flexibility index (Phi) is 29.9. The lowest BCUT2D eigenvalue weighted by Crippen LogP contribution is -2.64. The molecule has 2 saturated heterocycles. The quantitative estimate of drug-likeness (QED) is 0.222. The number of nitrogens with zero attached hydrogens (tertiary/aromatic N) is 8. The summed E-state index contributed by atoms with van der Waals surface area (Å²) in [6.45, 7) is 11.0. The molecule has 2 aromatic carbocycles. The van der Waals surface area contributed by atoms with Gasteiger partial charge in [-0.2, -0.15) is 0 Å². The summed E-state index contributed by atoms with van der Waals surface area (Å²) in [5.41, 5.74) is -0.143. The lowest BCUT2D eigenvalue weighted by molar-refractivity contribution is -0.151. The zero-order valence-electron chi connectivity index (χ0n) is 60.0. The average Bonchev–Trinajstić information content (AvgIpc) is 0.833. The first kappa shape index (κ1) is 79.1. The van der Waals surface area contributed by atoms with Crippen LogP contribution in [0.2, 0.25) is 0 Å². The highest BCUT2D eigenvalue weighted by molar-refractivity contribution is 6.00. The number of carbonyl (C=O) groups excluding carboxylic acids is 12. The van der Waals surface area contributed by atoms with Crippen molar-refractivity contribution in [1.29, 1.82) is 0 Å². The third kappa shape index (κ3) is 22.2. The van der Waals surface area contributed by atoms with E-state index >= 15 is 14.4 Å². The molecule has 2 unspecified atom stereocenters. The monoisotopic (exact) mass is 1350 g/mol. The lowest BCUT2D eigenvalue weighted by atomic mass is 9.84. The summed E-state index contributed by atoms with van der Waals surface area (Å²) in [5, 5.41) is 11.4. The van der Waals surface area contributed by atoms with Crippen LogP contribution in [0.4, 0.5) is 0 Å². The Labute approximate surface area is 574 Å². The zero-order valence-corrected chi connectivity index (χ0v) is 60.0. The number of methoxy groups -OCH3 is 1. The summed E-state index contributed by atoms with van der Waals surface area (Å²) in [5.74, 6) is -6.10. The van der Waals surface area contributed by atoms with Crippen LogP contribution in [0, 0.1) is 36.0 Å². The van der Waals surface area contributed by atoms with Gasteiger partial charge in [0.25, 0.3) is 0 Å². The van der Waals surface area contributed by atoms with Crippen molar-refractivity contribution in [2.24, 2.45) is 23.7 Å². The van der Waals surface area contributed by atoms with E-state index in [4.69, 9.17) is 11.2 Å². The van der Waals surface area contributed by atoms with Gasteiger partial charge >= 0.3 is 0 Å². The van der Waals surface area contributed by atoms with Gasteiger partial charge < -0.3 is 65.2 Å². The van der Waals surface area contributed by atoms with E-state index in [1.165, 1.54) is 94.8 Å². The van der Waals surface area contributed by atoms with E-state index in [-0.39, 0.29) is 44.1 Å². The van der Waals surface area contributed by atoms with Crippen LogP contribution in [0.25, 0.3) is 0 Å². The Morgan fingerprint density at radius 3 is 1.86 bits per heavy atom. The number of rotatable bonds is 12. The van der Waals surface area contributed by atoms with E-state index in [1.54, 1.807) is 67.3 Å². The van der Waals surface area contributed by atoms with Crippen LogP contribution in [-0.2, 0) is 70.4 Å². The highest BCUT2D eigenvalue weighted by atomic mass is 16.5. The number of ether oxygens (including phenoxy) is 1. The predicted molar refractivity (Wildman–Crippen MR) is 367 cm³/mol.